The van der Waals surface area contributed by atoms with Gasteiger partial charge in [-0.1, -0.05) is 19.9 Å². The van der Waals surface area contributed by atoms with E-state index in [0.29, 0.717) is 5.92 Å². The van der Waals surface area contributed by atoms with Crippen LogP contribution in [0.3, 0.4) is 0 Å². The van der Waals surface area contributed by atoms with E-state index in [1.807, 2.05) is 6.20 Å². The third-order valence-corrected chi connectivity index (χ3v) is 1.53. The number of hydrogen-bond acceptors (Lipinski definition) is 1. The van der Waals surface area contributed by atoms with E-state index in [2.05, 4.69) is 51.0 Å². The summed E-state index contributed by atoms with van der Waals surface area (Å²) in [5.74, 6) is 0.542. The van der Waals surface area contributed by atoms with Gasteiger partial charge in [0.15, 0.2) is 0 Å². The maximum absolute atomic E-state index is 4.28. The molecule has 0 aliphatic carbocycles. The zero-order chi connectivity index (χ0) is 9.56. The van der Waals surface area contributed by atoms with Crippen molar-refractivity contribution in [1.82, 2.24) is 4.98 Å². The van der Waals surface area contributed by atoms with Crippen molar-refractivity contribution < 1.29 is 0 Å². The van der Waals surface area contributed by atoms with Crippen molar-refractivity contribution in [2.24, 2.45) is 0 Å². The van der Waals surface area contributed by atoms with Gasteiger partial charge in [-0.3, -0.25) is 4.98 Å². The highest BCUT2D eigenvalue weighted by molar-refractivity contribution is 5.14. The van der Waals surface area contributed by atoms with Crippen LogP contribution in [0.25, 0.3) is 0 Å². The molecule has 0 aliphatic heterocycles. The van der Waals surface area contributed by atoms with Gasteiger partial charge >= 0.3 is 0 Å². The second-order valence-electron chi connectivity index (χ2n) is 2.92. The third kappa shape index (κ3) is 3.33. The summed E-state index contributed by atoms with van der Waals surface area (Å²) in [6.07, 6.45) is 1.91. The van der Waals surface area contributed by atoms with E-state index in [4.69, 9.17) is 0 Å². The SMILES string of the molecule is C=C.Cc1ccc(C(C)C)nc1. The predicted molar refractivity (Wildman–Crippen MR) is 54.3 cm³/mol. The predicted octanol–water partition coefficient (Wildman–Crippen LogP) is 3.32. The molecule has 0 amide bonds. The fraction of sp³-hybridized carbons (Fsp3) is 0.364. The normalized spacial score (nSPS) is 9.00. The maximum Gasteiger partial charge on any atom is 0.0429 e. The van der Waals surface area contributed by atoms with E-state index >= 15 is 0 Å². The molecule has 1 nitrogen and oxygen atoms in total. The van der Waals surface area contributed by atoms with Gasteiger partial charge in [0.1, 0.15) is 0 Å². The van der Waals surface area contributed by atoms with Crippen LogP contribution in [0.1, 0.15) is 31.0 Å². The Morgan fingerprint density at radius 1 is 1.25 bits per heavy atom. The summed E-state index contributed by atoms with van der Waals surface area (Å²) >= 11 is 0. The Morgan fingerprint density at radius 2 is 1.83 bits per heavy atom. The minimum Gasteiger partial charge on any atom is -0.261 e. The molecule has 0 spiro atoms. The van der Waals surface area contributed by atoms with Gasteiger partial charge in [-0.2, -0.15) is 0 Å². The maximum atomic E-state index is 4.28. The van der Waals surface area contributed by atoms with Crippen molar-refractivity contribution in [2.45, 2.75) is 26.7 Å². The zero-order valence-electron chi connectivity index (χ0n) is 8.17. The van der Waals surface area contributed by atoms with E-state index in [1.165, 1.54) is 11.3 Å². The molecule has 1 heterocycles. The number of hydrogen-bond donors (Lipinski definition) is 0. The second kappa shape index (κ2) is 5.53. The summed E-state index contributed by atoms with van der Waals surface area (Å²) < 4.78 is 0. The lowest BCUT2D eigenvalue weighted by molar-refractivity contribution is 0.821. The summed E-state index contributed by atoms with van der Waals surface area (Å²) in [5.41, 5.74) is 2.40. The average Bonchev–Trinajstić information content (AvgIpc) is 2.09. The van der Waals surface area contributed by atoms with Gasteiger partial charge < -0.3 is 0 Å². The first-order valence-electron chi connectivity index (χ1n) is 4.12. The summed E-state index contributed by atoms with van der Waals surface area (Å²) in [6.45, 7) is 12.4. The number of aryl methyl sites for hydroxylation is 1. The lowest BCUT2D eigenvalue weighted by atomic mass is 10.1. The van der Waals surface area contributed by atoms with Gasteiger partial charge in [-0.25, -0.2) is 0 Å². The zero-order valence-corrected chi connectivity index (χ0v) is 8.17. The molecule has 0 bridgehead atoms. The fourth-order valence-electron chi connectivity index (χ4n) is 0.821. The first-order chi connectivity index (χ1) is 5.70. The Bertz CT molecular complexity index is 211. The fourth-order valence-corrected chi connectivity index (χ4v) is 0.821. The first-order valence-corrected chi connectivity index (χ1v) is 4.12. The summed E-state index contributed by atoms with van der Waals surface area (Å²) in [4.78, 5) is 4.28. The standard InChI is InChI=1S/C9H13N.C2H4/c1-7(2)9-5-4-8(3)6-10-9;1-2/h4-7H,1-3H3;1-2H2. The molecule has 0 unspecified atom stereocenters. The van der Waals surface area contributed by atoms with Gasteiger partial charge in [0.05, 0.1) is 0 Å². The van der Waals surface area contributed by atoms with Crippen molar-refractivity contribution >= 4 is 0 Å². The Labute approximate surface area is 75.2 Å². The molecular weight excluding hydrogens is 146 g/mol. The molecule has 0 N–H and O–H groups in total. The number of nitrogens with zero attached hydrogens (tertiary/aromatic N) is 1. The second-order valence-corrected chi connectivity index (χ2v) is 2.92. The molecule has 0 saturated carbocycles. The Balaban J connectivity index is 0.000000561. The van der Waals surface area contributed by atoms with E-state index in [-0.39, 0.29) is 0 Å². The van der Waals surface area contributed by atoms with Crippen LogP contribution in [-0.2, 0) is 0 Å². The number of pyridine rings is 1. The summed E-state index contributed by atoms with van der Waals surface area (Å²) in [6, 6.07) is 4.18. The lowest BCUT2D eigenvalue weighted by Crippen LogP contribution is -1.90. The lowest BCUT2D eigenvalue weighted by Gasteiger charge is -2.02. The van der Waals surface area contributed by atoms with Crippen molar-refractivity contribution in [3.05, 3.63) is 42.7 Å². The molecule has 0 atom stereocenters. The molecule has 0 saturated heterocycles. The van der Waals surface area contributed by atoms with Gasteiger partial charge in [-0.05, 0) is 24.5 Å². The van der Waals surface area contributed by atoms with Crippen LogP contribution in [0.4, 0.5) is 0 Å². The molecule has 66 valence electrons. The van der Waals surface area contributed by atoms with E-state index in [0.717, 1.165) is 0 Å². The smallest absolute Gasteiger partial charge is 0.0429 e. The van der Waals surface area contributed by atoms with Crippen molar-refractivity contribution in [2.75, 3.05) is 0 Å². The highest BCUT2D eigenvalue weighted by Crippen LogP contribution is 2.10. The van der Waals surface area contributed by atoms with Crippen LogP contribution in [0.15, 0.2) is 31.5 Å². The van der Waals surface area contributed by atoms with Crippen LogP contribution in [-0.4, -0.2) is 4.98 Å². The molecule has 0 radical (unpaired) electrons. The van der Waals surface area contributed by atoms with Crippen LogP contribution in [0.5, 0.6) is 0 Å². The molecule has 0 aromatic carbocycles. The van der Waals surface area contributed by atoms with Crippen LogP contribution in [0.2, 0.25) is 0 Å². The molecule has 12 heavy (non-hydrogen) atoms. The summed E-state index contributed by atoms with van der Waals surface area (Å²) in [5, 5.41) is 0. The average molecular weight is 163 g/mol. The largest absolute Gasteiger partial charge is 0.261 e. The Hall–Kier alpha value is -1.11. The first kappa shape index (κ1) is 10.9. The number of rotatable bonds is 1. The minimum absolute atomic E-state index is 0.542. The molecule has 1 aromatic heterocycles. The monoisotopic (exact) mass is 163 g/mol. The van der Waals surface area contributed by atoms with Gasteiger partial charge in [0.2, 0.25) is 0 Å². The Kier molecular flexibility index (Phi) is 5.02. The quantitative estimate of drug-likeness (QED) is 0.579. The molecule has 0 fully saturated rings. The van der Waals surface area contributed by atoms with Crippen molar-refractivity contribution in [3.63, 3.8) is 0 Å². The van der Waals surface area contributed by atoms with Gasteiger partial charge in [0.25, 0.3) is 0 Å². The van der Waals surface area contributed by atoms with Gasteiger partial charge in [0, 0.05) is 11.9 Å². The molecule has 1 heteroatoms. The van der Waals surface area contributed by atoms with E-state index < -0.39 is 0 Å². The topological polar surface area (TPSA) is 12.9 Å². The van der Waals surface area contributed by atoms with Crippen molar-refractivity contribution in [1.29, 1.82) is 0 Å². The van der Waals surface area contributed by atoms with Gasteiger partial charge in [-0.15, -0.1) is 13.2 Å². The molecular formula is C11H17N. The molecule has 0 aliphatic rings. The van der Waals surface area contributed by atoms with Crippen LogP contribution < -0.4 is 0 Å². The van der Waals surface area contributed by atoms with Crippen molar-refractivity contribution in [3.8, 4) is 0 Å². The third-order valence-electron chi connectivity index (χ3n) is 1.53. The molecule has 1 rings (SSSR count). The highest BCUT2D eigenvalue weighted by Gasteiger charge is 1.97. The minimum atomic E-state index is 0.542. The van der Waals surface area contributed by atoms with Crippen LogP contribution in [0, 0.1) is 6.92 Å². The number of aromatic nitrogens is 1. The highest BCUT2D eigenvalue weighted by atomic mass is 14.7. The Morgan fingerprint density at radius 3 is 2.17 bits per heavy atom. The van der Waals surface area contributed by atoms with E-state index in [9.17, 15) is 0 Å². The van der Waals surface area contributed by atoms with E-state index in [1.54, 1.807) is 0 Å². The van der Waals surface area contributed by atoms with Crippen LogP contribution >= 0.6 is 0 Å². The molecule has 1 aromatic rings. The summed E-state index contributed by atoms with van der Waals surface area (Å²) in [7, 11) is 0.